The molecule has 0 aliphatic rings. The molecule has 110 valence electrons. The molecule has 0 aliphatic carbocycles. The third kappa shape index (κ3) is 4.12. The third-order valence-corrected chi connectivity index (χ3v) is 2.26. The highest BCUT2D eigenvalue weighted by molar-refractivity contribution is 5.83. The highest BCUT2D eigenvalue weighted by atomic mass is 16.5. The molecule has 0 saturated carbocycles. The molecule has 2 N–H and O–H groups in total. The second-order valence-corrected chi connectivity index (χ2v) is 3.22. The molecule has 0 bridgehead atoms. The van der Waals surface area contributed by atoms with Crippen LogP contribution in [0.4, 0.5) is 5.69 Å². The molecule has 2 aromatic rings. The normalized spacial score (nSPS) is 8.65. The molecule has 1 heterocycles. The van der Waals surface area contributed by atoms with Gasteiger partial charge in [-0.3, -0.25) is 4.79 Å². The van der Waals surface area contributed by atoms with Gasteiger partial charge in [0.2, 0.25) is 0 Å². The number of carbonyl (C=O) groups is 1. The first-order chi connectivity index (χ1) is 9.76. The lowest BCUT2D eigenvalue weighted by Crippen LogP contribution is -2.03. The Hall–Kier alpha value is -2.30. The molecule has 5 heteroatoms. The topological polar surface area (TPSA) is 70.1 Å². The van der Waals surface area contributed by atoms with Crippen LogP contribution < -0.4 is 10.5 Å². The molecule has 1 aromatic heterocycles. The summed E-state index contributed by atoms with van der Waals surface area (Å²) in [6, 6.07) is 5.04. The van der Waals surface area contributed by atoms with Crippen molar-refractivity contribution < 1.29 is 9.53 Å². The molecule has 2 rings (SSSR count). The molecule has 0 saturated heterocycles. The van der Waals surface area contributed by atoms with Crippen LogP contribution in [0.5, 0.6) is 5.75 Å². The zero-order valence-electron chi connectivity index (χ0n) is 12.8. The minimum absolute atomic E-state index is 0.446. The molecule has 0 amide bonds. The molecule has 5 nitrogen and oxygen atoms in total. The number of nitrogen functional groups attached to an aromatic ring is 1. The van der Waals surface area contributed by atoms with E-state index in [2.05, 4.69) is 5.10 Å². The summed E-state index contributed by atoms with van der Waals surface area (Å²) in [5, 5.41) is 4.06. The predicted molar refractivity (Wildman–Crippen MR) is 82.6 cm³/mol. The van der Waals surface area contributed by atoms with Crippen LogP contribution in [0.25, 0.3) is 5.69 Å². The van der Waals surface area contributed by atoms with Crippen molar-refractivity contribution in [3.05, 3.63) is 36.2 Å². The standard InChI is InChI=1S/C11H11N3O2.2C2H6/c1-16-11-6-9(12)10(5-8(11)7-15)14-4-2-3-13-14;2*1-2/h2-7H,12H2,1H3;2*1-2H3. The number of hydrogen-bond acceptors (Lipinski definition) is 4. The van der Waals surface area contributed by atoms with Gasteiger partial charge in [-0.2, -0.15) is 5.10 Å². The lowest BCUT2D eigenvalue weighted by Gasteiger charge is -2.10. The van der Waals surface area contributed by atoms with Crippen LogP contribution in [0.15, 0.2) is 30.6 Å². The van der Waals surface area contributed by atoms with E-state index in [0.29, 0.717) is 22.7 Å². The minimum Gasteiger partial charge on any atom is -0.496 e. The minimum atomic E-state index is 0.446. The van der Waals surface area contributed by atoms with E-state index in [0.717, 1.165) is 6.29 Å². The number of nitrogens with two attached hydrogens (primary N) is 1. The molecule has 0 radical (unpaired) electrons. The number of ether oxygens (including phenoxy) is 1. The summed E-state index contributed by atoms with van der Waals surface area (Å²) < 4.78 is 6.65. The second kappa shape index (κ2) is 9.61. The van der Waals surface area contributed by atoms with E-state index in [1.54, 1.807) is 35.3 Å². The van der Waals surface area contributed by atoms with E-state index in [-0.39, 0.29) is 0 Å². The van der Waals surface area contributed by atoms with Gasteiger partial charge in [-0.15, -0.1) is 0 Å². The van der Waals surface area contributed by atoms with Gasteiger partial charge in [-0.1, -0.05) is 27.7 Å². The van der Waals surface area contributed by atoms with Crippen LogP contribution in [-0.2, 0) is 0 Å². The average molecular weight is 277 g/mol. The highest BCUT2D eigenvalue weighted by Crippen LogP contribution is 2.26. The summed E-state index contributed by atoms with van der Waals surface area (Å²) in [5.74, 6) is 0.461. The number of hydrogen-bond donors (Lipinski definition) is 1. The van der Waals surface area contributed by atoms with Crippen molar-refractivity contribution in [2.24, 2.45) is 0 Å². The average Bonchev–Trinajstić information content (AvgIpc) is 3.05. The fraction of sp³-hybridized carbons (Fsp3) is 0.333. The Morgan fingerprint density at radius 3 is 2.35 bits per heavy atom. The predicted octanol–water partition coefficient (Wildman–Crippen LogP) is 3.33. The van der Waals surface area contributed by atoms with Gasteiger partial charge in [0, 0.05) is 18.5 Å². The van der Waals surface area contributed by atoms with Gasteiger partial charge in [0.05, 0.1) is 24.0 Å². The molecule has 0 fully saturated rings. The van der Waals surface area contributed by atoms with Gasteiger partial charge < -0.3 is 10.5 Å². The van der Waals surface area contributed by atoms with E-state index in [9.17, 15) is 4.79 Å². The number of aromatic nitrogens is 2. The van der Waals surface area contributed by atoms with E-state index < -0.39 is 0 Å². The summed E-state index contributed by atoms with van der Waals surface area (Å²) in [4.78, 5) is 10.9. The number of aldehydes is 1. The van der Waals surface area contributed by atoms with Crippen molar-refractivity contribution in [1.82, 2.24) is 9.78 Å². The number of rotatable bonds is 3. The summed E-state index contributed by atoms with van der Waals surface area (Å²) in [6.07, 6.45) is 4.13. The quantitative estimate of drug-likeness (QED) is 0.690. The summed E-state index contributed by atoms with van der Waals surface area (Å²) in [6.45, 7) is 8.00. The maximum absolute atomic E-state index is 10.9. The Morgan fingerprint density at radius 2 is 1.90 bits per heavy atom. The maximum Gasteiger partial charge on any atom is 0.153 e. The Bertz CT molecular complexity index is 508. The smallest absolute Gasteiger partial charge is 0.153 e. The van der Waals surface area contributed by atoms with Gasteiger partial charge in [-0.25, -0.2) is 4.68 Å². The lowest BCUT2D eigenvalue weighted by molar-refractivity contribution is 0.112. The summed E-state index contributed by atoms with van der Waals surface area (Å²) in [7, 11) is 1.50. The van der Waals surface area contributed by atoms with E-state index >= 15 is 0 Å². The number of anilines is 1. The van der Waals surface area contributed by atoms with E-state index in [1.165, 1.54) is 7.11 Å². The van der Waals surface area contributed by atoms with Gasteiger partial charge in [-0.05, 0) is 12.1 Å². The van der Waals surface area contributed by atoms with Crippen LogP contribution in [0.1, 0.15) is 38.1 Å². The zero-order valence-corrected chi connectivity index (χ0v) is 12.8. The van der Waals surface area contributed by atoms with Crippen molar-refractivity contribution in [2.45, 2.75) is 27.7 Å². The van der Waals surface area contributed by atoms with Gasteiger partial charge in [0.1, 0.15) is 5.75 Å². The highest BCUT2D eigenvalue weighted by Gasteiger charge is 2.09. The lowest BCUT2D eigenvalue weighted by atomic mass is 10.1. The largest absolute Gasteiger partial charge is 0.496 e. The van der Waals surface area contributed by atoms with Crippen LogP contribution in [0.3, 0.4) is 0 Å². The van der Waals surface area contributed by atoms with Gasteiger partial charge in [0.25, 0.3) is 0 Å². The number of methoxy groups -OCH3 is 1. The van der Waals surface area contributed by atoms with Crippen molar-refractivity contribution in [3.63, 3.8) is 0 Å². The number of carbonyl (C=O) groups excluding carboxylic acids is 1. The number of benzene rings is 1. The molecule has 0 aliphatic heterocycles. The van der Waals surface area contributed by atoms with Crippen molar-refractivity contribution >= 4 is 12.0 Å². The van der Waals surface area contributed by atoms with Crippen LogP contribution in [0.2, 0.25) is 0 Å². The van der Waals surface area contributed by atoms with Crippen LogP contribution in [-0.4, -0.2) is 23.2 Å². The van der Waals surface area contributed by atoms with E-state index in [1.807, 2.05) is 27.7 Å². The van der Waals surface area contributed by atoms with Crippen molar-refractivity contribution in [3.8, 4) is 11.4 Å². The molecular weight excluding hydrogens is 254 g/mol. The Kier molecular flexibility index (Phi) is 8.50. The first-order valence-corrected chi connectivity index (χ1v) is 6.69. The van der Waals surface area contributed by atoms with Crippen LogP contribution in [0, 0.1) is 0 Å². The SMILES string of the molecule is CC.CC.COc1cc(N)c(-n2cccn2)cc1C=O. The molecular formula is C15H23N3O2. The summed E-state index contributed by atoms with van der Waals surface area (Å²) >= 11 is 0. The van der Waals surface area contributed by atoms with E-state index in [4.69, 9.17) is 10.5 Å². The zero-order chi connectivity index (χ0) is 15.5. The number of nitrogens with zero attached hydrogens (tertiary/aromatic N) is 2. The Balaban J connectivity index is 0.000000829. The molecule has 1 aromatic carbocycles. The van der Waals surface area contributed by atoms with Crippen LogP contribution >= 0.6 is 0 Å². The molecule has 0 unspecified atom stereocenters. The Labute approximate surface area is 120 Å². The fourth-order valence-corrected chi connectivity index (χ4v) is 1.48. The third-order valence-electron chi connectivity index (χ3n) is 2.26. The van der Waals surface area contributed by atoms with Crippen molar-refractivity contribution in [2.75, 3.05) is 12.8 Å². The second-order valence-electron chi connectivity index (χ2n) is 3.22. The summed E-state index contributed by atoms with van der Waals surface area (Å²) in [5.41, 5.74) is 7.47. The maximum atomic E-state index is 10.9. The molecule has 0 atom stereocenters. The molecule has 20 heavy (non-hydrogen) atoms. The Morgan fingerprint density at radius 1 is 1.25 bits per heavy atom. The first kappa shape index (κ1) is 17.7. The van der Waals surface area contributed by atoms with Gasteiger partial charge >= 0.3 is 0 Å². The monoisotopic (exact) mass is 277 g/mol. The van der Waals surface area contributed by atoms with Gasteiger partial charge in [0.15, 0.2) is 6.29 Å². The fourth-order valence-electron chi connectivity index (χ4n) is 1.48. The van der Waals surface area contributed by atoms with Crippen molar-refractivity contribution in [1.29, 1.82) is 0 Å². The first-order valence-electron chi connectivity index (χ1n) is 6.69. The molecule has 0 spiro atoms.